The number of thioether (sulfide) groups is 1. The molecule has 0 spiro atoms. The van der Waals surface area contributed by atoms with Crippen LogP contribution in [0.2, 0.25) is 0 Å². The van der Waals surface area contributed by atoms with Gasteiger partial charge in [-0.15, -0.1) is 11.8 Å². The highest BCUT2D eigenvalue weighted by atomic mass is 32.2. The van der Waals surface area contributed by atoms with Gasteiger partial charge in [-0.05, 0) is 69.8 Å². The van der Waals surface area contributed by atoms with E-state index in [4.69, 9.17) is 0 Å². The lowest BCUT2D eigenvalue weighted by molar-refractivity contribution is 0.619. The Morgan fingerprint density at radius 2 is 1.41 bits per heavy atom. The van der Waals surface area contributed by atoms with Gasteiger partial charge in [-0.2, -0.15) is 10.5 Å². The molecule has 0 fully saturated rings. The number of nitrogens with zero attached hydrogens (tertiary/aromatic N) is 3. The topological polar surface area (TPSA) is 52.5 Å². The molecule has 3 nitrogen and oxygen atoms in total. The van der Waals surface area contributed by atoms with Gasteiger partial charge in [0.05, 0.1) is 40.0 Å². The molecule has 0 saturated carbocycles. The van der Waals surface area contributed by atoms with Gasteiger partial charge in [-0.3, -0.25) is 0 Å². The Kier molecular flexibility index (Phi) is 5.51. The van der Waals surface area contributed by atoms with Crippen molar-refractivity contribution in [1.29, 1.82) is 10.5 Å². The first kappa shape index (κ1) is 27.1. The van der Waals surface area contributed by atoms with E-state index < -0.39 is 0 Å². The number of hydrogen-bond donors (Lipinski definition) is 0. The Hall–Kier alpha value is -5.29. The fourth-order valence-corrected chi connectivity index (χ4v) is 9.78. The predicted octanol–water partition coefficient (Wildman–Crippen LogP) is 10.2. The molecule has 0 N–H and O–H groups in total. The van der Waals surface area contributed by atoms with E-state index in [9.17, 15) is 10.5 Å². The van der Waals surface area contributed by atoms with Crippen molar-refractivity contribution in [3.63, 3.8) is 0 Å². The summed E-state index contributed by atoms with van der Waals surface area (Å²) in [6.45, 7) is 7.07. The minimum absolute atomic E-state index is 0.0271. The second kappa shape index (κ2) is 9.37. The second-order valence-corrected chi connectivity index (χ2v) is 14.5. The molecule has 0 saturated heterocycles. The number of para-hydroxylation sites is 1. The molecule has 2 unspecified atom stereocenters. The maximum atomic E-state index is 9.99. The van der Waals surface area contributed by atoms with Crippen LogP contribution in [-0.4, -0.2) is 9.82 Å². The molecule has 0 amide bonds. The molecular formula is C42H29N3S. The lowest BCUT2D eigenvalue weighted by Crippen LogP contribution is -2.29. The fraction of sp³-hybridized carbons (Fsp3) is 0.143. The quantitative estimate of drug-likeness (QED) is 0.197. The van der Waals surface area contributed by atoms with Crippen LogP contribution in [0.15, 0.2) is 120 Å². The molecule has 5 aromatic carbocycles. The Bertz CT molecular complexity index is 2480. The minimum atomic E-state index is -0.200. The van der Waals surface area contributed by atoms with E-state index >= 15 is 0 Å². The highest BCUT2D eigenvalue weighted by Gasteiger charge is 2.47. The molecular weight excluding hydrogens is 579 g/mol. The molecule has 46 heavy (non-hydrogen) atoms. The molecule has 0 bridgehead atoms. The van der Waals surface area contributed by atoms with Crippen LogP contribution in [0.5, 0.6) is 0 Å². The number of fused-ring (bicyclic) bond motifs is 10. The molecule has 9 rings (SSSR count). The normalized spacial score (nSPS) is 20.0. The Labute approximate surface area is 272 Å². The highest BCUT2D eigenvalue weighted by molar-refractivity contribution is 8.00. The van der Waals surface area contributed by atoms with Gasteiger partial charge in [0.25, 0.3) is 0 Å². The Morgan fingerprint density at radius 3 is 2.26 bits per heavy atom. The lowest BCUT2D eigenvalue weighted by atomic mass is 9.73. The van der Waals surface area contributed by atoms with Gasteiger partial charge >= 0.3 is 0 Å². The molecule has 1 aromatic heterocycles. The maximum Gasteiger partial charge on any atom is 0.0992 e. The van der Waals surface area contributed by atoms with Crippen LogP contribution in [0.4, 0.5) is 0 Å². The summed E-state index contributed by atoms with van der Waals surface area (Å²) < 4.78 is 2.26. The van der Waals surface area contributed by atoms with Crippen molar-refractivity contribution in [1.82, 2.24) is 4.57 Å². The maximum absolute atomic E-state index is 9.99. The fourth-order valence-electron chi connectivity index (χ4n) is 8.17. The van der Waals surface area contributed by atoms with Crippen molar-refractivity contribution in [2.45, 2.75) is 41.7 Å². The van der Waals surface area contributed by atoms with Crippen LogP contribution >= 0.6 is 11.8 Å². The molecule has 2 atom stereocenters. The van der Waals surface area contributed by atoms with Gasteiger partial charge in [0.15, 0.2) is 0 Å². The van der Waals surface area contributed by atoms with Crippen molar-refractivity contribution in [3.05, 3.63) is 149 Å². The molecule has 3 aliphatic rings. The van der Waals surface area contributed by atoms with E-state index in [2.05, 4.69) is 110 Å². The predicted molar refractivity (Wildman–Crippen MR) is 188 cm³/mol. The van der Waals surface area contributed by atoms with Crippen molar-refractivity contribution in [3.8, 4) is 29.0 Å². The number of aromatic nitrogens is 1. The molecule has 0 radical (unpaired) electrons. The average Bonchev–Trinajstić information content (AvgIpc) is 3.66. The third kappa shape index (κ3) is 3.48. The van der Waals surface area contributed by atoms with Crippen molar-refractivity contribution >= 4 is 39.1 Å². The molecule has 6 aromatic rings. The zero-order valence-corrected chi connectivity index (χ0v) is 26.6. The van der Waals surface area contributed by atoms with Crippen molar-refractivity contribution in [2.24, 2.45) is 0 Å². The van der Waals surface area contributed by atoms with Crippen LogP contribution in [-0.2, 0) is 10.8 Å². The Balaban J connectivity index is 1.26. The number of hydrogen-bond acceptors (Lipinski definition) is 3. The van der Waals surface area contributed by atoms with E-state index in [1.807, 2.05) is 54.2 Å². The van der Waals surface area contributed by atoms with Gasteiger partial charge in [-0.1, -0.05) is 99.7 Å². The summed E-state index contributed by atoms with van der Waals surface area (Å²) in [7, 11) is 0. The monoisotopic (exact) mass is 607 g/mol. The average molecular weight is 608 g/mol. The van der Waals surface area contributed by atoms with Gasteiger partial charge in [0.2, 0.25) is 0 Å². The van der Waals surface area contributed by atoms with Crippen molar-refractivity contribution in [2.75, 3.05) is 0 Å². The van der Waals surface area contributed by atoms with Gasteiger partial charge in [0, 0.05) is 37.3 Å². The van der Waals surface area contributed by atoms with E-state index in [0.29, 0.717) is 11.1 Å². The van der Waals surface area contributed by atoms with E-state index in [1.54, 1.807) is 0 Å². The molecule has 218 valence electrons. The number of rotatable bonds is 2. The summed E-state index contributed by atoms with van der Waals surface area (Å²) in [5.41, 5.74) is 13.2. The Morgan fingerprint density at radius 1 is 0.696 bits per heavy atom. The summed E-state index contributed by atoms with van der Waals surface area (Å²) in [6, 6.07) is 38.5. The van der Waals surface area contributed by atoms with Crippen LogP contribution < -0.4 is 0 Å². The minimum Gasteiger partial charge on any atom is -0.309 e. The molecule has 1 aliphatic heterocycles. The third-order valence-corrected chi connectivity index (χ3v) is 12.1. The molecule has 4 heteroatoms. The SMILES string of the molecule is CC1(C)c2ccccc2-c2c1ccc1c2SC2C=CC(c3ccc(C#N)cc3-n3c4ccccc4c4cc(C#N)ccc43)=CC12C. The number of nitriles is 2. The van der Waals surface area contributed by atoms with Crippen molar-refractivity contribution < 1.29 is 0 Å². The van der Waals surface area contributed by atoms with Gasteiger partial charge in [0.1, 0.15) is 0 Å². The van der Waals surface area contributed by atoms with Crippen LogP contribution in [0.1, 0.15) is 54.2 Å². The third-order valence-electron chi connectivity index (χ3n) is 10.5. The first-order valence-corrected chi connectivity index (χ1v) is 16.6. The second-order valence-electron chi connectivity index (χ2n) is 13.4. The van der Waals surface area contributed by atoms with Gasteiger partial charge in [-0.25, -0.2) is 0 Å². The number of allylic oxidation sites excluding steroid dienone is 3. The summed E-state index contributed by atoms with van der Waals surface area (Å²) >= 11 is 2.00. The van der Waals surface area contributed by atoms with E-state index in [0.717, 1.165) is 38.6 Å². The largest absolute Gasteiger partial charge is 0.309 e. The van der Waals surface area contributed by atoms with E-state index in [-0.39, 0.29) is 16.1 Å². The van der Waals surface area contributed by atoms with E-state index in [1.165, 1.54) is 32.7 Å². The van der Waals surface area contributed by atoms with Crippen LogP contribution in [0.25, 0.3) is 44.2 Å². The number of benzene rings is 5. The summed E-state index contributed by atoms with van der Waals surface area (Å²) in [5, 5.41) is 22.0. The molecule has 2 heterocycles. The smallest absolute Gasteiger partial charge is 0.0992 e. The van der Waals surface area contributed by atoms with Crippen LogP contribution in [0, 0.1) is 22.7 Å². The first-order valence-electron chi connectivity index (χ1n) is 15.7. The summed E-state index contributed by atoms with van der Waals surface area (Å²) in [6.07, 6.45) is 7.11. The molecule has 2 aliphatic carbocycles. The zero-order chi connectivity index (χ0) is 31.4. The summed E-state index contributed by atoms with van der Waals surface area (Å²) in [5.74, 6) is 0. The zero-order valence-electron chi connectivity index (χ0n) is 25.8. The summed E-state index contributed by atoms with van der Waals surface area (Å²) in [4.78, 5) is 1.40. The van der Waals surface area contributed by atoms with Crippen LogP contribution in [0.3, 0.4) is 0 Å². The first-order chi connectivity index (χ1) is 22.3. The lowest BCUT2D eigenvalue weighted by Gasteiger charge is -2.31. The highest BCUT2D eigenvalue weighted by Crippen LogP contribution is 2.61. The standard InChI is InChI=1S/C42H29N3S/c1-41(2)32-10-6-4-9-30(32)39-33(41)16-17-34-40(39)46-38-19-14-27(22-42(34,38)3)28-15-12-26(24-44)21-37(28)45-35-11-7-5-8-29(35)31-20-25(23-43)13-18-36(31)45/h4-22,38H,1-3H3. The van der Waals surface area contributed by atoms with Gasteiger partial charge < -0.3 is 4.57 Å².